The van der Waals surface area contributed by atoms with Crippen LogP contribution in [0.5, 0.6) is 0 Å². The van der Waals surface area contributed by atoms with Crippen molar-refractivity contribution in [3.05, 3.63) is 40.3 Å². The number of thiophene rings is 1. The minimum atomic E-state index is -0.243. The van der Waals surface area contributed by atoms with Crippen LogP contribution in [-0.4, -0.2) is 47.2 Å². The summed E-state index contributed by atoms with van der Waals surface area (Å²) in [6, 6.07) is 5.40. The van der Waals surface area contributed by atoms with Crippen molar-refractivity contribution in [3.63, 3.8) is 0 Å². The topological polar surface area (TPSA) is 90.1 Å². The Morgan fingerprint density at radius 2 is 2.14 bits per heavy atom. The third kappa shape index (κ3) is 4.08. The highest BCUT2D eigenvalue weighted by Gasteiger charge is 2.17. The number of rotatable bonds is 6. The van der Waals surface area contributed by atoms with Crippen LogP contribution in [0, 0.1) is 0 Å². The molecule has 3 amide bonds. The van der Waals surface area contributed by atoms with Crippen LogP contribution < -0.4 is 10.6 Å². The van der Waals surface area contributed by atoms with Crippen molar-refractivity contribution in [3.8, 4) is 0 Å². The van der Waals surface area contributed by atoms with Gasteiger partial charge in [0.15, 0.2) is 0 Å². The minimum absolute atomic E-state index is 0.0135. The number of hydrogen-bond donors (Lipinski definition) is 3. The molecular formula is C14H19N5O2S. The molecule has 0 radical (unpaired) electrons. The lowest BCUT2D eigenvalue weighted by molar-refractivity contribution is 0.0948. The molecule has 0 spiro atoms. The van der Waals surface area contributed by atoms with E-state index >= 15 is 0 Å². The van der Waals surface area contributed by atoms with Gasteiger partial charge >= 0.3 is 6.03 Å². The van der Waals surface area contributed by atoms with Crippen LogP contribution in [0.1, 0.15) is 28.3 Å². The number of amides is 3. The van der Waals surface area contributed by atoms with E-state index < -0.39 is 0 Å². The molecular weight excluding hydrogens is 302 g/mol. The summed E-state index contributed by atoms with van der Waals surface area (Å²) in [5.41, 5.74) is 0.398. The molecule has 2 heterocycles. The van der Waals surface area contributed by atoms with E-state index in [0.717, 1.165) is 4.88 Å². The van der Waals surface area contributed by atoms with Gasteiger partial charge in [0.2, 0.25) is 0 Å². The van der Waals surface area contributed by atoms with Crippen LogP contribution in [0.3, 0.4) is 0 Å². The van der Waals surface area contributed by atoms with E-state index in [4.69, 9.17) is 0 Å². The quantitative estimate of drug-likeness (QED) is 0.706. The molecule has 118 valence electrons. The molecule has 3 N–H and O–H groups in total. The van der Waals surface area contributed by atoms with Crippen molar-refractivity contribution in [1.29, 1.82) is 0 Å². The maximum absolute atomic E-state index is 12.0. The summed E-state index contributed by atoms with van der Waals surface area (Å²) in [7, 11) is 1.75. The number of nitrogens with zero attached hydrogens (tertiary/aromatic N) is 2. The van der Waals surface area contributed by atoms with Gasteiger partial charge in [0.25, 0.3) is 5.91 Å². The Labute approximate surface area is 132 Å². The molecule has 2 aromatic heterocycles. The molecule has 2 rings (SSSR count). The summed E-state index contributed by atoms with van der Waals surface area (Å²) in [4.78, 5) is 26.5. The van der Waals surface area contributed by atoms with Crippen molar-refractivity contribution in [2.45, 2.75) is 13.0 Å². The zero-order chi connectivity index (χ0) is 15.9. The van der Waals surface area contributed by atoms with E-state index in [1.807, 2.05) is 24.4 Å². The molecule has 0 bridgehead atoms. The lowest BCUT2D eigenvalue weighted by Gasteiger charge is -2.24. The molecule has 0 saturated heterocycles. The second-order valence-electron chi connectivity index (χ2n) is 4.76. The first-order valence-corrected chi connectivity index (χ1v) is 7.79. The molecule has 22 heavy (non-hydrogen) atoms. The van der Waals surface area contributed by atoms with E-state index in [2.05, 4.69) is 20.8 Å². The fourth-order valence-electron chi connectivity index (χ4n) is 1.84. The number of aromatic nitrogens is 2. The third-order valence-corrected chi connectivity index (χ3v) is 4.33. The number of carbonyl (C=O) groups is 2. The maximum Gasteiger partial charge on any atom is 0.317 e. The summed E-state index contributed by atoms with van der Waals surface area (Å²) in [6.45, 7) is 2.69. The average Bonchev–Trinajstić information content (AvgIpc) is 3.22. The fourth-order valence-corrected chi connectivity index (χ4v) is 2.67. The molecule has 0 fully saturated rings. The largest absolute Gasteiger partial charge is 0.349 e. The Morgan fingerprint density at radius 1 is 1.36 bits per heavy atom. The van der Waals surface area contributed by atoms with E-state index in [0.29, 0.717) is 18.8 Å². The van der Waals surface area contributed by atoms with Crippen molar-refractivity contribution >= 4 is 23.3 Å². The highest BCUT2D eigenvalue weighted by molar-refractivity contribution is 7.10. The molecule has 0 aliphatic rings. The predicted molar refractivity (Wildman–Crippen MR) is 84.8 cm³/mol. The summed E-state index contributed by atoms with van der Waals surface area (Å²) >= 11 is 1.62. The normalized spacial score (nSPS) is 11.7. The zero-order valence-electron chi connectivity index (χ0n) is 12.5. The minimum Gasteiger partial charge on any atom is -0.349 e. The van der Waals surface area contributed by atoms with Gasteiger partial charge in [0, 0.05) is 31.2 Å². The fraction of sp³-hybridized carbons (Fsp3) is 0.357. The first-order chi connectivity index (χ1) is 10.6. The summed E-state index contributed by atoms with van der Waals surface area (Å²) in [5.74, 6) is -0.243. The number of carbonyl (C=O) groups excluding carboxylic acids is 2. The average molecular weight is 321 g/mol. The van der Waals surface area contributed by atoms with Gasteiger partial charge in [0.05, 0.1) is 6.04 Å². The van der Waals surface area contributed by atoms with Crippen LogP contribution in [-0.2, 0) is 0 Å². The standard InChI is InChI=1S/C14H19N5O2S/c1-10(12-4-3-9-22-12)19(2)14(21)16-8-7-15-13(20)11-5-6-17-18-11/h3-6,9-10H,7-8H2,1-2H3,(H,15,20)(H,16,21)(H,17,18). The Kier molecular flexibility index (Phi) is 5.54. The molecule has 1 unspecified atom stereocenters. The third-order valence-electron chi connectivity index (χ3n) is 3.29. The number of urea groups is 1. The van der Waals surface area contributed by atoms with Crippen LogP contribution in [0.2, 0.25) is 0 Å². The molecule has 0 aromatic carbocycles. The molecule has 1 atom stereocenters. The monoisotopic (exact) mass is 321 g/mol. The highest BCUT2D eigenvalue weighted by Crippen LogP contribution is 2.23. The van der Waals surface area contributed by atoms with E-state index in [9.17, 15) is 9.59 Å². The second-order valence-corrected chi connectivity index (χ2v) is 5.74. The Morgan fingerprint density at radius 3 is 2.77 bits per heavy atom. The highest BCUT2D eigenvalue weighted by atomic mass is 32.1. The van der Waals surface area contributed by atoms with Crippen LogP contribution in [0.4, 0.5) is 4.79 Å². The Hall–Kier alpha value is -2.35. The van der Waals surface area contributed by atoms with Crippen LogP contribution in [0.15, 0.2) is 29.8 Å². The van der Waals surface area contributed by atoms with Gasteiger partial charge in [0.1, 0.15) is 5.69 Å². The molecule has 0 aliphatic heterocycles. The first-order valence-electron chi connectivity index (χ1n) is 6.91. The molecule has 2 aromatic rings. The smallest absolute Gasteiger partial charge is 0.317 e. The second kappa shape index (κ2) is 7.60. The van der Waals surface area contributed by atoms with Crippen molar-refractivity contribution in [2.75, 3.05) is 20.1 Å². The van der Waals surface area contributed by atoms with Gasteiger partial charge < -0.3 is 15.5 Å². The van der Waals surface area contributed by atoms with Crippen molar-refractivity contribution < 1.29 is 9.59 Å². The van der Waals surface area contributed by atoms with Gasteiger partial charge in [-0.15, -0.1) is 11.3 Å². The number of aromatic amines is 1. The van der Waals surface area contributed by atoms with Crippen molar-refractivity contribution in [1.82, 2.24) is 25.7 Å². The summed E-state index contributed by atoms with van der Waals surface area (Å²) in [5, 5.41) is 13.7. The Bertz CT molecular complexity index is 597. The van der Waals surface area contributed by atoms with Gasteiger partial charge in [-0.3, -0.25) is 9.89 Å². The number of nitrogens with one attached hydrogen (secondary N) is 3. The van der Waals surface area contributed by atoms with Gasteiger partial charge in [-0.1, -0.05) is 6.07 Å². The molecule has 7 nitrogen and oxygen atoms in total. The lowest BCUT2D eigenvalue weighted by atomic mass is 10.2. The lowest BCUT2D eigenvalue weighted by Crippen LogP contribution is -2.42. The number of H-pyrrole nitrogens is 1. The van der Waals surface area contributed by atoms with Crippen LogP contribution >= 0.6 is 11.3 Å². The van der Waals surface area contributed by atoms with Gasteiger partial charge in [-0.25, -0.2) is 4.79 Å². The van der Waals surface area contributed by atoms with E-state index in [1.165, 1.54) is 6.20 Å². The van der Waals surface area contributed by atoms with E-state index in [1.54, 1.807) is 29.4 Å². The zero-order valence-corrected chi connectivity index (χ0v) is 13.3. The first kappa shape index (κ1) is 16.0. The predicted octanol–water partition coefficient (Wildman–Crippen LogP) is 1.60. The summed E-state index contributed by atoms with van der Waals surface area (Å²) < 4.78 is 0. The van der Waals surface area contributed by atoms with E-state index in [-0.39, 0.29) is 18.0 Å². The maximum atomic E-state index is 12.0. The van der Waals surface area contributed by atoms with Gasteiger partial charge in [-0.05, 0) is 24.4 Å². The van der Waals surface area contributed by atoms with Crippen molar-refractivity contribution in [2.24, 2.45) is 0 Å². The Balaban J connectivity index is 1.70. The molecule has 8 heteroatoms. The number of hydrogen-bond acceptors (Lipinski definition) is 4. The summed E-state index contributed by atoms with van der Waals surface area (Å²) in [6.07, 6.45) is 1.51. The van der Waals surface area contributed by atoms with Gasteiger partial charge in [-0.2, -0.15) is 5.10 Å². The van der Waals surface area contributed by atoms with Crippen LogP contribution in [0.25, 0.3) is 0 Å². The SMILES string of the molecule is CC(c1cccs1)N(C)C(=O)NCCNC(=O)c1ccn[nH]1. The molecule has 0 aliphatic carbocycles. The molecule has 0 saturated carbocycles.